The molecule has 1 aromatic heterocycles. The average molecular weight is 369 g/mol. The van der Waals surface area contributed by atoms with Crippen LogP contribution in [0.3, 0.4) is 0 Å². The maximum absolute atomic E-state index is 13.0. The van der Waals surface area contributed by atoms with E-state index in [1.54, 1.807) is 0 Å². The number of benzene rings is 1. The van der Waals surface area contributed by atoms with E-state index >= 15 is 0 Å². The molecule has 27 heavy (non-hydrogen) atoms. The molecule has 5 heteroatoms. The van der Waals surface area contributed by atoms with Crippen LogP contribution < -0.4 is 0 Å². The van der Waals surface area contributed by atoms with Crippen LogP contribution in [0.1, 0.15) is 52.5 Å². The van der Waals surface area contributed by atoms with Crippen LogP contribution in [-0.4, -0.2) is 59.0 Å². The van der Waals surface area contributed by atoms with Crippen molar-refractivity contribution in [3.05, 3.63) is 53.1 Å². The average Bonchev–Trinajstić information content (AvgIpc) is 3.12. The summed E-state index contributed by atoms with van der Waals surface area (Å²) in [6.07, 6.45) is 7.21. The molecular formula is C22H32N4O. The summed E-state index contributed by atoms with van der Waals surface area (Å²) in [6, 6.07) is 6.02. The molecule has 5 nitrogen and oxygen atoms in total. The smallest absolute Gasteiger partial charge is 0.253 e. The van der Waals surface area contributed by atoms with Crippen molar-refractivity contribution in [1.29, 1.82) is 0 Å². The first-order valence-corrected chi connectivity index (χ1v) is 9.98. The van der Waals surface area contributed by atoms with Gasteiger partial charge in [-0.05, 0) is 77.0 Å². The van der Waals surface area contributed by atoms with E-state index in [1.807, 2.05) is 29.3 Å². The van der Waals surface area contributed by atoms with Crippen molar-refractivity contribution in [1.82, 2.24) is 19.4 Å². The van der Waals surface area contributed by atoms with E-state index in [2.05, 4.69) is 48.6 Å². The molecule has 3 rings (SSSR count). The Labute approximate surface area is 163 Å². The molecule has 1 saturated heterocycles. The summed E-state index contributed by atoms with van der Waals surface area (Å²) >= 11 is 0. The summed E-state index contributed by atoms with van der Waals surface area (Å²) in [5, 5.41) is 0. The van der Waals surface area contributed by atoms with Gasteiger partial charge in [-0.1, -0.05) is 6.07 Å². The van der Waals surface area contributed by atoms with E-state index in [1.165, 1.54) is 11.1 Å². The number of imidazole rings is 1. The fourth-order valence-electron chi connectivity index (χ4n) is 3.86. The third-order valence-corrected chi connectivity index (χ3v) is 5.58. The van der Waals surface area contributed by atoms with Gasteiger partial charge < -0.3 is 14.4 Å². The van der Waals surface area contributed by atoms with Crippen LogP contribution in [-0.2, 0) is 6.54 Å². The molecule has 0 radical (unpaired) electrons. The second-order valence-corrected chi connectivity index (χ2v) is 8.03. The van der Waals surface area contributed by atoms with Gasteiger partial charge in [0.1, 0.15) is 5.82 Å². The predicted molar refractivity (Wildman–Crippen MR) is 109 cm³/mol. The summed E-state index contributed by atoms with van der Waals surface area (Å²) in [5.41, 5.74) is 3.20. The van der Waals surface area contributed by atoms with Gasteiger partial charge in [-0.15, -0.1) is 0 Å². The third kappa shape index (κ3) is 4.78. The molecule has 1 aliphatic rings. The van der Waals surface area contributed by atoms with E-state index in [4.69, 9.17) is 0 Å². The zero-order chi connectivity index (χ0) is 19.4. The molecule has 1 fully saturated rings. The van der Waals surface area contributed by atoms with E-state index in [0.717, 1.165) is 56.8 Å². The van der Waals surface area contributed by atoms with Gasteiger partial charge in [-0.25, -0.2) is 4.98 Å². The van der Waals surface area contributed by atoms with Crippen molar-refractivity contribution in [2.75, 3.05) is 33.7 Å². The van der Waals surface area contributed by atoms with E-state index < -0.39 is 0 Å². The Morgan fingerprint density at radius 1 is 1.26 bits per heavy atom. The van der Waals surface area contributed by atoms with Gasteiger partial charge in [0.15, 0.2) is 0 Å². The number of carbonyl (C=O) groups excluding carboxylic acids is 1. The Balaban J connectivity index is 1.68. The number of likely N-dealkylation sites (tertiary alicyclic amines) is 1. The normalized spacial score (nSPS) is 17.5. The van der Waals surface area contributed by atoms with E-state index in [0.29, 0.717) is 5.92 Å². The first-order chi connectivity index (χ1) is 13.0. The largest absolute Gasteiger partial charge is 0.338 e. The summed E-state index contributed by atoms with van der Waals surface area (Å²) < 4.78 is 2.28. The molecule has 2 aromatic rings. The van der Waals surface area contributed by atoms with Crippen LogP contribution in [0.25, 0.3) is 0 Å². The number of piperidine rings is 1. The Morgan fingerprint density at radius 3 is 2.81 bits per heavy atom. The van der Waals surface area contributed by atoms with Crippen LogP contribution in [0.15, 0.2) is 30.6 Å². The Hall–Kier alpha value is -2.14. The number of amides is 1. The zero-order valence-corrected chi connectivity index (χ0v) is 17.1. The second-order valence-electron chi connectivity index (χ2n) is 8.03. The Morgan fingerprint density at radius 2 is 2.07 bits per heavy atom. The lowest BCUT2D eigenvalue weighted by atomic mass is 9.96. The fraction of sp³-hybridized carbons (Fsp3) is 0.545. The summed E-state index contributed by atoms with van der Waals surface area (Å²) in [7, 11) is 4.21. The molecule has 2 heterocycles. The van der Waals surface area contributed by atoms with Gasteiger partial charge in [0.05, 0.1) is 0 Å². The number of rotatable bonds is 6. The Kier molecular flexibility index (Phi) is 6.32. The molecule has 0 aliphatic carbocycles. The number of nitrogens with zero attached hydrogens (tertiary/aromatic N) is 4. The van der Waals surface area contributed by atoms with Gasteiger partial charge in [-0.3, -0.25) is 4.79 Å². The molecule has 1 atom stereocenters. The predicted octanol–water partition coefficient (Wildman–Crippen LogP) is 3.47. The molecule has 0 N–H and O–H groups in total. The third-order valence-electron chi connectivity index (χ3n) is 5.58. The SMILES string of the molecule is Cc1ccc(C(=O)N2CCCC(c3nccn3CCCN(C)C)C2)cc1C. The molecule has 0 bridgehead atoms. The Bertz CT molecular complexity index is 780. The molecule has 0 spiro atoms. The molecule has 1 amide bonds. The van der Waals surface area contributed by atoms with Crippen LogP contribution >= 0.6 is 0 Å². The van der Waals surface area contributed by atoms with Crippen molar-refractivity contribution >= 4 is 5.91 Å². The first kappa shape index (κ1) is 19.6. The minimum Gasteiger partial charge on any atom is -0.338 e. The highest BCUT2D eigenvalue weighted by Gasteiger charge is 2.28. The van der Waals surface area contributed by atoms with Gasteiger partial charge >= 0.3 is 0 Å². The number of carbonyl (C=O) groups is 1. The van der Waals surface area contributed by atoms with Crippen molar-refractivity contribution in [3.8, 4) is 0 Å². The molecule has 1 aromatic carbocycles. The van der Waals surface area contributed by atoms with Crippen LogP contribution in [0.2, 0.25) is 0 Å². The van der Waals surface area contributed by atoms with Crippen molar-refractivity contribution in [3.63, 3.8) is 0 Å². The molecule has 146 valence electrons. The molecular weight excluding hydrogens is 336 g/mol. The van der Waals surface area contributed by atoms with Crippen molar-refractivity contribution in [2.45, 2.75) is 45.6 Å². The lowest BCUT2D eigenvalue weighted by molar-refractivity contribution is 0.0703. The fourth-order valence-corrected chi connectivity index (χ4v) is 3.86. The van der Waals surface area contributed by atoms with Crippen molar-refractivity contribution < 1.29 is 4.79 Å². The van der Waals surface area contributed by atoms with Gasteiger partial charge in [-0.2, -0.15) is 0 Å². The number of hydrogen-bond donors (Lipinski definition) is 0. The highest BCUT2D eigenvalue weighted by molar-refractivity contribution is 5.94. The summed E-state index contributed by atoms with van der Waals surface area (Å²) in [4.78, 5) is 21.9. The highest BCUT2D eigenvalue weighted by atomic mass is 16.2. The van der Waals surface area contributed by atoms with Gasteiger partial charge in [0.25, 0.3) is 5.91 Å². The lowest BCUT2D eigenvalue weighted by Gasteiger charge is -2.33. The van der Waals surface area contributed by atoms with Gasteiger partial charge in [0.2, 0.25) is 0 Å². The molecule has 1 unspecified atom stereocenters. The number of aromatic nitrogens is 2. The molecule has 0 saturated carbocycles. The monoisotopic (exact) mass is 368 g/mol. The lowest BCUT2D eigenvalue weighted by Crippen LogP contribution is -2.39. The summed E-state index contributed by atoms with van der Waals surface area (Å²) in [6.45, 7) is 7.79. The van der Waals surface area contributed by atoms with E-state index in [9.17, 15) is 4.79 Å². The van der Waals surface area contributed by atoms with Crippen LogP contribution in [0, 0.1) is 13.8 Å². The minimum absolute atomic E-state index is 0.147. The highest BCUT2D eigenvalue weighted by Crippen LogP contribution is 2.27. The zero-order valence-electron chi connectivity index (χ0n) is 17.1. The maximum atomic E-state index is 13.0. The minimum atomic E-state index is 0.147. The van der Waals surface area contributed by atoms with Crippen LogP contribution in [0.4, 0.5) is 0 Å². The topological polar surface area (TPSA) is 41.4 Å². The van der Waals surface area contributed by atoms with Crippen molar-refractivity contribution in [2.24, 2.45) is 0 Å². The maximum Gasteiger partial charge on any atom is 0.253 e. The number of hydrogen-bond acceptors (Lipinski definition) is 3. The standard InChI is InChI=1S/C22H32N4O/c1-17-8-9-19(15-18(17)2)22(27)26-12-5-7-20(16-26)21-23-10-14-25(21)13-6-11-24(3)4/h8-10,14-15,20H,5-7,11-13,16H2,1-4H3. The van der Waals surface area contributed by atoms with Gasteiger partial charge in [0, 0.05) is 43.5 Å². The van der Waals surface area contributed by atoms with E-state index in [-0.39, 0.29) is 5.91 Å². The number of aryl methyl sites for hydroxylation is 3. The first-order valence-electron chi connectivity index (χ1n) is 9.98. The van der Waals surface area contributed by atoms with Crippen LogP contribution in [0.5, 0.6) is 0 Å². The quantitative estimate of drug-likeness (QED) is 0.784. The second kappa shape index (κ2) is 8.70. The summed E-state index contributed by atoms with van der Waals surface area (Å²) in [5.74, 6) is 1.60. The molecule has 1 aliphatic heterocycles.